The topological polar surface area (TPSA) is 70.5 Å². The summed E-state index contributed by atoms with van der Waals surface area (Å²) in [6.07, 6.45) is -0.0926. The average Bonchev–Trinajstić information content (AvgIpc) is 2.42. The van der Waals surface area contributed by atoms with Crippen LogP contribution < -0.4 is 11.5 Å². The Morgan fingerprint density at radius 1 is 1.14 bits per heavy atom. The van der Waals surface area contributed by atoms with Gasteiger partial charge in [0, 0.05) is 13.1 Å². The number of ether oxygens (including phenoxy) is 2. The summed E-state index contributed by atoms with van der Waals surface area (Å²) >= 11 is 5.30. The molecule has 14 heavy (non-hydrogen) atoms. The van der Waals surface area contributed by atoms with Crippen LogP contribution in [0.5, 0.6) is 0 Å². The Kier molecular flexibility index (Phi) is 9.29. The summed E-state index contributed by atoms with van der Waals surface area (Å²) in [7, 11) is 0. The van der Waals surface area contributed by atoms with Crippen LogP contribution in [0, 0.1) is 0 Å². The van der Waals surface area contributed by atoms with Crippen LogP contribution in [0.15, 0.2) is 0 Å². The minimum absolute atomic E-state index is 0.0463. The molecule has 1 saturated heterocycles. The van der Waals surface area contributed by atoms with Gasteiger partial charge in [0.05, 0.1) is 0 Å². The molecule has 0 amide bonds. The molecule has 0 saturated carbocycles. The summed E-state index contributed by atoms with van der Waals surface area (Å²) < 4.78 is 10.9. The molecule has 0 aliphatic carbocycles. The van der Waals surface area contributed by atoms with Crippen molar-refractivity contribution in [1.29, 1.82) is 0 Å². The third kappa shape index (κ3) is 5.91. The standard InChI is InChI=1S/C7H16N2O2.2HI.Pt/c1-7(2)10-5(3-8)6(4-9)11-7;;;/h5-6H,3-4,8-9H2,1-2H3;2*1H;/q;;;+2/p-2/t5-,6-;;;/m1.../s1. The first-order chi connectivity index (χ1) is 6.50. The third-order valence-corrected chi connectivity index (χ3v) is 1.75. The molecular weight excluding hydrogens is 593 g/mol. The molecule has 90 valence electrons. The molecule has 2 atom stereocenters. The predicted octanol–water partition coefficient (Wildman–Crippen LogP) is 1.19. The number of hydrogen-bond donors (Lipinski definition) is 2. The van der Waals surface area contributed by atoms with E-state index in [0.29, 0.717) is 24.3 Å². The van der Waals surface area contributed by atoms with E-state index in [0.717, 1.165) is 0 Å². The van der Waals surface area contributed by atoms with Crippen molar-refractivity contribution in [2.24, 2.45) is 11.5 Å². The van der Waals surface area contributed by atoms with Crippen LogP contribution in [0.2, 0.25) is 0 Å². The zero-order valence-corrected chi connectivity index (χ0v) is 14.7. The fourth-order valence-corrected chi connectivity index (χ4v) is 1.31. The van der Waals surface area contributed by atoms with E-state index >= 15 is 0 Å². The van der Waals surface area contributed by atoms with Crippen molar-refractivity contribution in [3.05, 3.63) is 0 Å². The molecule has 0 bridgehead atoms. The van der Waals surface area contributed by atoms with E-state index < -0.39 is 5.79 Å². The monoisotopic (exact) mass is 609 g/mol. The molecule has 0 aromatic heterocycles. The SMILES string of the molecule is CC1(C)O[C@H](CN)[C@@H](CN)O1.[I][Pt][I]. The maximum absolute atomic E-state index is 5.47. The first kappa shape index (κ1) is 16.0. The van der Waals surface area contributed by atoms with E-state index in [4.69, 9.17) is 20.9 Å². The van der Waals surface area contributed by atoms with Crippen LogP contribution in [0.4, 0.5) is 0 Å². The van der Waals surface area contributed by atoms with E-state index in [1.807, 2.05) is 13.8 Å². The quantitative estimate of drug-likeness (QED) is 0.463. The second-order valence-electron chi connectivity index (χ2n) is 3.23. The number of nitrogens with two attached hydrogens (primary N) is 2. The Bertz CT molecular complexity index is 149. The summed E-state index contributed by atoms with van der Waals surface area (Å²) in [6, 6.07) is 0. The van der Waals surface area contributed by atoms with Gasteiger partial charge in [-0.1, -0.05) is 0 Å². The third-order valence-electron chi connectivity index (χ3n) is 1.75. The van der Waals surface area contributed by atoms with Crippen LogP contribution in [0.1, 0.15) is 13.8 Å². The molecule has 0 aromatic rings. The van der Waals surface area contributed by atoms with E-state index in [9.17, 15) is 0 Å². The molecule has 0 aromatic carbocycles. The normalized spacial score (nSPS) is 29.9. The molecule has 0 radical (unpaired) electrons. The maximum atomic E-state index is 5.47. The second kappa shape index (κ2) is 8.13. The van der Waals surface area contributed by atoms with Crippen molar-refractivity contribution < 1.29 is 20.7 Å². The van der Waals surface area contributed by atoms with Crippen molar-refractivity contribution in [2.45, 2.75) is 31.8 Å². The van der Waals surface area contributed by atoms with Gasteiger partial charge in [-0.05, 0) is 13.8 Å². The van der Waals surface area contributed by atoms with E-state index in [1.165, 1.54) is 0 Å². The van der Waals surface area contributed by atoms with Gasteiger partial charge < -0.3 is 20.9 Å². The average molecular weight is 609 g/mol. The van der Waals surface area contributed by atoms with Gasteiger partial charge in [-0.15, -0.1) is 0 Å². The van der Waals surface area contributed by atoms with Gasteiger partial charge in [0.15, 0.2) is 5.79 Å². The summed E-state index contributed by atoms with van der Waals surface area (Å²) in [5, 5.41) is 0. The van der Waals surface area contributed by atoms with E-state index in [2.05, 4.69) is 38.7 Å². The van der Waals surface area contributed by atoms with E-state index in [1.54, 1.807) is 0 Å². The summed E-state index contributed by atoms with van der Waals surface area (Å²) in [5.74, 6) is -0.520. The van der Waals surface area contributed by atoms with Crippen molar-refractivity contribution in [2.75, 3.05) is 13.1 Å². The molecule has 1 aliphatic heterocycles. The first-order valence-corrected chi connectivity index (χ1v) is 17.0. The second-order valence-corrected chi connectivity index (χ2v) is 19.8. The summed E-state index contributed by atoms with van der Waals surface area (Å²) in [5.41, 5.74) is 10.9. The number of hydrogen-bond acceptors (Lipinski definition) is 4. The Morgan fingerprint density at radius 2 is 1.43 bits per heavy atom. The van der Waals surface area contributed by atoms with Gasteiger partial charge in [0.1, 0.15) is 12.2 Å². The summed E-state index contributed by atoms with van der Waals surface area (Å²) in [4.78, 5) is 0. The number of rotatable bonds is 2. The van der Waals surface area contributed by atoms with Gasteiger partial charge >= 0.3 is 49.9 Å². The minimum atomic E-state index is -0.520. The van der Waals surface area contributed by atoms with Crippen LogP contribution in [-0.4, -0.2) is 31.1 Å². The molecule has 7 heteroatoms. The van der Waals surface area contributed by atoms with Gasteiger partial charge in [-0.2, -0.15) is 0 Å². The zero-order chi connectivity index (χ0) is 11.2. The molecule has 1 heterocycles. The molecule has 0 unspecified atom stereocenters. The van der Waals surface area contributed by atoms with Crippen molar-refractivity contribution >= 4 is 38.7 Å². The molecule has 0 spiro atoms. The molecule has 4 nitrogen and oxygen atoms in total. The zero-order valence-electron chi connectivity index (χ0n) is 8.11. The Morgan fingerprint density at radius 3 is 1.64 bits per heavy atom. The Hall–Kier alpha value is 1.99. The fourth-order valence-electron chi connectivity index (χ4n) is 1.31. The molecule has 1 fully saturated rings. The van der Waals surface area contributed by atoms with Crippen molar-refractivity contribution in [1.82, 2.24) is 0 Å². The van der Waals surface area contributed by atoms with Crippen LogP contribution in [-0.2, 0) is 20.7 Å². The van der Waals surface area contributed by atoms with Crippen molar-refractivity contribution in [3.63, 3.8) is 0 Å². The van der Waals surface area contributed by atoms with Crippen LogP contribution in [0.25, 0.3) is 0 Å². The van der Waals surface area contributed by atoms with Gasteiger partial charge in [-0.25, -0.2) is 0 Å². The van der Waals surface area contributed by atoms with Gasteiger partial charge in [0.25, 0.3) is 0 Å². The van der Waals surface area contributed by atoms with Crippen molar-refractivity contribution in [3.8, 4) is 0 Å². The van der Waals surface area contributed by atoms with Crippen LogP contribution >= 0.6 is 38.7 Å². The first-order valence-electron chi connectivity index (χ1n) is 4.09. The van der Waals surface area contributed by atoms with Gasteiger partial charge in [0.2, 0.25) is 0 Å². The predicted molar refractivity (Wildman–Crippen MR) is 70.0 cm³/mol. The van der Waals surface area contributed by atoms with E-state index in [-0.39, 0.29) is 12.2 Å². The molecule has 1 aliphatic rings. The molecule has 1 rings (SSSR count). The van der Waals surface area contributed by atoms with Crippen LogP contribution in [0.3, 0.4) is 0 Å². The molecular formula is C7H16I2N2O2Pt. The molecule has 4 N–H and O–H groups in total. The summed E-state index contributed by atoms with van der Waals surface area (Å²) in [6.45, 7) is 4.66. The van der Waals surface area contributed by atoms with Gasteiger partial charge in [-0.3, -0.25) is 0 Å². The Balaban J connectivity index is 0.000000500. The number of halogens is 2. The Labute approximate surface area is 114 Å². The fraction of sp³-hybridized carbons (Fsp3) is 1.00.